The average Bonchev–Trinajstić information content (AvgIpc) is 2.83. The van der Waals surface area contributed by atoms with Crippen LogP contribution in [0, 0.1) is 0 Å². The van der Waals surface area contributed by atoms with Gasteiger partial charge in [0.15, 0.2) is 5.11 Å². The van der Waals surface area contributed by atoms with Gasteiger partial charge in [-0.3, -0.25) is 14.8 Å². The van der Waals surface area contributed by atoms with Gasteiger partial charge in [-0.1, -0.05) is 12.1 Å². The van der Waals surface area contributed by atoms with Gasteiger partial charge in [0.05, 0.1) is 19.1 Å². The summed E-state index contributed by atoms with van der Waals surface area (Å²) in [7, 11) is -0.992. The second kappa shape index (κ2) is 11.2. The van der Waals surface area contributed by atoms with E-state index in [0.717, 1.165) is 11.3 Å². The number of carbonyl (C=O) groups excluding carboxylic acids is 1. The Morgan fingerprint density at radius 1 is 0.971 bits per heavy atom. The second-order valence-corrected chi connectivity index (χ2v) is 8.68. The predicted octanol–water partition coefficient (Wildman–Crippen LogP) is 2.82. The SMILES string of the molecule is COc1ccc(/C=C\C(=O)NC(=S)Nc2ccc(S(=O)(=O)Nc3nccnc3OC)cc2)cc1. The molecule has 1 heterocycles. The van der Waals surface area contributed by atoms with Crippen LogP contribution in [0.2, 0.25) is 0 Å². The summed E-state index contributed by atoms with van der Waals surface area (Å²) >= 11 is 5.14. The Labute approximate surface area is 202 Å². The lowest BCUT2D eigenvalue weighted by atomic mass is 10.2. The Balaban J connectivity index is 1.57. The van der Waals surface area contributed by atoms with Crippen molar-refractivity contribution in [3.63, 3.8) is 0 Å². The fraction of sp³-hybridized carbons (Fsp3) is 0.0909. The van der Waals surface area contributed by atoms with Crippen LogP contribution in [0.4, 0.5) is 11.5 Å². The van der Waals surface area contributed by atoms with Crippen molar-refractivity contribution >= 4 is 50.8 Å². The zero-order valence-electron chi connectivity index (χ0n) is 18.2. The van der Waals surface area contributed by atoms with Crippen LogP contribution in [0.5, 0.6) is 11.6 Å². The number of thiocarbonyl (C=S) groups is 1. The van der Waals surface area contributed by atoms with Crippen molar-refractivity contribution in [1.29, 1.82) is 0 Å². The molecule has 0 spiro atoms. The van der Waals surface area contributed by atoms with Crippen molar-refractivity contribution in [2.45, 2.75) is 4.90 Å². The summed E-state index contributed by atoms with van der Waals surface area (Å²) in [5.74, 6) is 0.315. The van der Waals surface area contributed by atoms with Crippen molar-refractivity contribution in [3.8, 4) is 11.6 Å². The topological polar surface area (TPSA) is 132 Å². The minimum absolute atomic E-state index is 0.0110. The quantitative estimate of drug-likeness (QED) is 0.316. The molecule has 1 aromatic heterocycles. The summed E-state index contributed by atoms with van der Waals surface area (Å²) in [4.78, 5) is 19.9. The van der Waals surface area contributed by atoms with Crippen molar-refractivity contribution in [2.24, 2.45) is 0 Å². The maximum atomic E-state index is 12.6. The molecule has 3 N–H and O–H groups in total. The van der Waals surface area contributed by atoms with Gasteiger partial charge in [0.1, 0.15) is 5.75 Å². The summed E-state index contributed by atoms with van der Waals surface area (Å²) in [6, 6.07) is 13.0. The van der Waals surface area contributed by atoms with Crippen LogP contribution >= 0.6 is 12.2 Å². The monoisotopic (exact) mass is 499 g/mol. The number of nitrogens with one attached hydrogen (secondary N) is 3. The second-order valence-electron chi connectivity index (χ2n) is 6.59. The van der Waals surface area contributed by atoms with E-state index < -0.39 is 15.9 Å². The predicted molar refractivity (Wildman–Crippen MR) is 132 cm³/mol. The van der Waals surface area contributed by atoms with Gasteiger partial charge in [0, 0.05) is 24.2 Å². The highest BCUT2D eigenvalue weighted by Crippen LogP contribution is 2.22. The third-order valence-corrected chi connectivity index (χ3v) is 5.85. The number of anilines is 2. The zero-order chi connectivity index (χ0) is 24.6. The van der Waals surface area contributed by atoms with E-state index in [1.54, 1.807) is 25.3 Å². The number of hydrogen-bond donors (Lipinski definition) is 3. The van der Waals surface area contributed by atoms with Crippen LogP contribution in [0.3, 0.4) is 0 Å². The number of nitrogens with zero attached hydrogens (tertiary/aromatic N) is 2. The van der Waals surface area contributed by atoms with E-state index >= 15 is 0 Å². The third kappa shape index (κ3) is 6.73. The third-order valence-electron chi connectivity index (χ3n) is 4.29. The summed E-state index contributed by atoms with van der Waals surface area (Å²) in [6.07, 6.45) is 5.70. The largest absolute Gasteiger partial charge is 0.497 e. The Kier molecular flexibility index (Phi) is 8.11. The molecule has 0 fully saturated rings. The van der Waals surface area contributed by atoms with Gasteiger partial charge in [0.2, 0.25) is 11.7 Å². The van der Waals surface area contributed by atoms with Crippen molar-refractivity contribution in [1.82, 2.24) is 15.3 Å². The number of methoxy groups -OCH3 is 2. The molecule has 0 bridgehead atoms. The highest BCUT2D eigenvalue weighted by molar-refractivity contribution is 7.92. The Hall–Kier alpha value is -4.03. The molecule has 0 aliphatic heterocycles. The van der Waals surface area contributed by atoms with E-state index in [0.29, 0.717) is 5.69 Å². The Bertz CT molecular complexity index is 1290. The smallest absolute Gasteiger partial charge is 0.263 e. The lowest BCUT2D eigenvalue weighted by molar-refractivity contribution is -0.115. The van der Waals surface area contributed by atoms with Gasteiger partial charge < -0.3 is 14.8 Å². The van der Waals surface area contributed by atoms with Crippen LogP contribution in [0.15, 0.2) is 71.9 Å². The minimum atomic E-state index is -3.93. The number of benzene rings is 2. The van der Waals surface area contributed by atoms with Gasteiger partial charge in [-0.15, -0.1) is 0 Å². The van der Waals surface area contributed by atoms with E-state index in [4.69, 9.17) is 21.7 Å². The maximum absolute atomic E-state index is 12.6. The number of carbonyl (C=O) groups is 1. The van der Waals surface area contributed by atoms with Gasteiger partial charge in [-0.2, -0.15) is 0 Å². The van der Waals surface area contributed by atoms with Crippen LogP contribution in [0.25, 0.3) is 6.08 Å². The molecule has 0 aliphatic carbocycles. The lowest BCUT2D eigenvalue weighted by Gasteiger charge is -2.11. The first-order valence-corrected chi connectivity index (χ1v) is 11.6. The molecule has 3 rings (SSSR count). The number of ether oxygens (including phenoxy) is 2. The molecule has 2 aromatic carbocycles. The average molecular weight is 500 g/mol. The molecule has 0 radical (unpaired) electrons. The zero-order valence-corrected chi connectivity index (χ0v) is 19.8. The van der Waals surface area contributed by atoms with Crippen molar-refractivity contribution < 1.29 is 22.7 Å². The van der Waals surface area contributed by atoms with Crippen LogP contribution in [0.1, 0.15) is 5.56 Å². The number of sulfonamides is 1. The molecule has 0 saturated heterocycles. The van der Waals surface area contributed by atoms with Crippen molar-refractivity contribution in [3.05, 3.63) is 72.6 Å². The summed E-state index contributed by atoms with van der Waals surface area (Å²) in [5, 5.41) is 5.40. The van der Waals surface area contributed by atoms with Gasteiger partial charge in [0.25, 0.3) is 15.9 Å². The first-order chi connectivity index (χ1) is 16.3. The molecule has 0 unspecified atom stereocenters. The summed E-state index contributed by atoms with van der Waals surface area (Å²) < 4.78 is 37.7. The van der Waals surface area contributed by atoms with E-state index in [1.807, 2.05) is 12.1 Å². The summed E-state index contributed by atoms with van der Waals surface area (Å²) in [6.45, 7) is 0. The fourth-order valence-corrected chi connectivity index (χ4v) is 3.88. The molecule has 176 valence electrons. The molecular weight excluding hydrogens is 478 g/mol. The highest BCUT2D eigenvalue weighted by atomic mass is 32.2. The molecule has 1 amide bonds. The molecule has 34 heavy (non-hydrogen) atoms. The van der Waals surface area contributed by atoms with Gasteiger partial charge >= 0.3 is 0 Å². The van der Waals surface area contributed by atoms with Crippen LogP contribution in [-0.4, -0.2) is 43.6 Å². The highest BCUT2D eigenvalue weighted by Gasteiger charge is 2.18. The fourth-order valence-electron chi connectivity index (χ4n) is 2.65. The van der Waals surface area contributed by atoms with E-state index in [2.05, 4.69) is 25.3 Å². The maximum Gasteiger partial charge on any atom is 0.263 e. The lowest BCUT2D eigenvalue weighted by Crippen LogP contribution is -2.32. The normalized spacial score (nSPS) is 11.0. The molecule has 12 heteroatoms. The van der Waals surface area contributed by atoms with Crippen molar-refractivity contribution in [2.75, 3.05) is 24.3 Å². The molecule has 10 nitrogen and oxygen atoms in total. The number of rotatable bonds is 8. The minimum Gasteiger partial charge on any atom is -0.497 e. The van der Waals surface area contributed by atoms with E-state index in [9.17, 15) is 13.2 Å². The molecular formula is C22H21N5O5S2. The number of hydrogen-bond acceptors (Lipinski definition) is 8. The number of amides is 1. The van der Waals surface area contributed by atoms with E-state index in [1.165, 1.54) is 49.8 Å². The van der Waals surface area contributed by atoms with Crippen LogP contribution < -0.4 is 24.8 Å². The standard InChI is InChI=1S/C22H21N5O5S2/c1-31-17-8-3-15(4-9-17)5-12-19(28)26-22(33)25-16-6-10-18(11-7-16)34(29,30)27-20-21(32-2)24-14-13-23-20/h3-14H,1-2H3,(H,23,27)(H2,25,26,28,33)/b12-5-. The van der Waals surface area contributed by atoms with Gasteiger partial charge in [-0.25, -0.2) is 18.4 Å². The van der Waals surface area contributed by atoms with Gasteiger partial charge in [-0.05, 0) is 60.3 Å². The molecule has 3 aromatic rings. The molecule has 0 aliphatic rings. The first kappa shape index (κ1) is 24.6. The van der Waals surface area contributed by atoms with E-state index in [-0.39, 0.29) is 21.7 Å². The number of aromatic nitrogens is 2. The Morgan fingerprint density at radius 3 is 2.29 bits per heavy atom. The van der Waals surface area contributed by atoms with Crippen LogP contribution in [-0.2, 0) is 14.8 Å². The first-order valence-electron chi connectivity index (χ1n) is 9.72. The molecule has 0 saturated carbocycles. The Morgan fingerprint density at radius 2 is 1.65 bits per heavy atom. The summed E-state index contributed by atoms with van der Waals surface area (Å²) in [5.41, 5.74) is 1.31. The molecule has 0 atom stereocenters.